The van der Waals surface area contributed by atoms with Crippen molar-refractivity contribution in [2.45, 2.75) is 169 Å². The molecular formula is C43H68O3. The highest BCUT2D eigenvalue weighted by Crippen LogP contribution is 2.57. The van der Waals surface area contributed by atoms with Crippen molar-refractivity contribution in [3.63, 3.8) is 0 Å². The third kappa shape index (κ3) is 6.77. The SMILES string of the molecule is C.C.C.CC1(C)CCC(C)(C)c2cc([C@@]3(C)C[C@H]3C=O)ccc21.CCOC(=O)[C@@H]1C[C@]1(C)c1ccc2c(c1)C(C)(C)CCC2(C)C. The lowest BCUT2D eigenvalue weighted by Crippen LogP contribution is -2.34. The second kappa shape index (κ2) is 12.9. The summed E-state index contributed by atoms with van der Waals surface area (Å²) in [4.78, 5) is 23.2. The van der Waals surface area contributed by atoms with Gasteiger partial charge in [-0.2, -0.15) is 0 Å². The van der Waals surface area contributed by atoms with E-state index in [1.165, 1.54) is 59.1 Å². The minimum Gasteiger partial charge on any atom is -0.466 e. The largest absolute Gasteiger partial charge is 0.466 e. The quantitative estimate of drug-likeness (QED) is 0.243. The molecule has 0 amide bonds. The van der Waals surface area contributed by atoms with Gasteiger partial charge in [0.15, 0.2) is 0 Å². The van der Waals surface area contributed by atoms with Gasteiger partial charge in [-0.3, -0.25) is 4.79 Å². The fourth-order valence-electron chi connectivity index (χ4n) is 8.09. The molecule has 0 N–H and O–H groups in total. The van der Waals surface area contributed by atoms with E-state index >= 15 is 0 Å². The van der Waals surface area contributed by atoms with E-state index in [-0.39, 0.29) is 72.6 Å². The fourth-order valence-corrected chi connectivity index (χ4v) is 8.09. The number of rotatable bonds is 5. The lowest BCUT2D eigenvalue weighted by atomic mass is 9.62. The predicted molar refractivity (Wildman–Crippen MR) is 197 cm³/mol. The summed E-state index contributed by atoms with van der Waals surface area (Å²) in [7, 11) is 0. The Kier molecular flexibility index (Phi) is 11.1. The number of carbonyl (C=O) groups is 2. The van der Waals surface area contributed by atoms with Crippen molar-refractivity contribution in [3.8, 4) is 0 Å². The Morgan fingerprint density at radius 2 is 1.04 bits per heavy atom. The van der Waals surface area contributed by atoms with Crippen LogP contribution in [0.15, 0.2) is 36.4 Å². The Morgan fingerprint density at radius 1 is 0.652 bits per heavy atom. The van der Waals surface area contributed by atoms with Crippen LogP contribution in [0.25, 0.3) is 0 Å². The Labute approximate surface area is 283 Å². The monoisotopic (exact) mass is 633 g/mol. The molecule has 0 aromatic heterocycles. The van der Waals surface area contributed by atoms with Crippen molar-refractivity contribution in [2.75, 3.05) is 6.61 Å². The maximum absolute atomic E-state index is 12.1. The van der Waals surface area contributed by atoms with E-state index in [2.05, 4.69) is 106 Å². The summed E-state index contributed by atoms with van der Waals surface area (Å²) in [5.41, 5.74) is 9.66. The van der Waals surface area contributed by atoms with Gasteiger partial charge in [-0.1, -0.05) is 128 Å². The van der Waals surface area contributed by atoms with E-state index < -0.39 is 0 Å². The summed E-state index contributed by atoms with van der Waals surface area (Å²) in [5.74, 6) is 0.216. The topological polar surface area (TPSA) is 43.4 Å². The number of aldehydes is 1. The highest BCUT2D eigenvalue weighted by atomic mass is 16.5. The molecule has 2 aromatic carbocycles. The van der Waals surface area contributed by atoms with Crippen LogP contribution >= 0.6 is 0 Å². The molecule has 4 atom stereocenters. The molecular weight excluding hydrogens is 564 g/mol. The Bertz CT molecular complexity index is 1430. The molecule has 0 spiro atoms. The van der Waals surface area contributed by atoms with E-state index in [4.69, 9.17) is 4.74 Å². The van der Waals surface area contributed by atoms with Gasteiger partial charge in [0, 0.05) is 16.7 Å². The van der Waals surface area contributed by atoms with Crippen molar-refractivity contribution in [2.24, 2.45) is 11.8 Å². The molecule has 3 nitrogen and oxygen atoms in total. The molecule has 0 saturated heterocycles. The van der Waals surface area contributed by atoms with E-state index in [1.54, 1.807) is 0 Å². The third-order valence-corrected chi connectivity index (χ3v) is 12.3. The fraction of sp³-hybridized carbons (Fsp3) is 0.674. The standard InChI is InChI=1S/C21H30O2.C19H26O.3CH4/c1-7-23-18(22)17-13-21(17,6)14-8-9-15-16(12-14)20(4,5)11-10-19(15,2)3;1-17(2)8-9-18(3,4)16-10-13(6-7-15(16)17)19(5)11-14(19)12-20;;;/h8-9,12,17H,7,10-11,13H2,1-6H3;6-7,10,12,14H,8-9,11H2,1-5H3;3*1H4/t17-,21+;14-,19+;;;/m00.../s1. The van der Waals surface area contributed by atoms with Crippen LogP contribution in [-0.4, -0.2) is 18.9 Å². The van der Waals surface area contributed by atoms with Gasteiger partial charge in [0.25, 0.3) is 0 Å². The number of hydrogen-bond acceptors (Lipinski definition) is 3. The zero-order chi connectivity index (χ0) is 31.8. The van der Waals surface area contributed by atoms with Gasteiger partial charge >= 0.3 is 5.97 Å². The van der Waals surface area contributed by atoms with Gasteiger partial charge in [-0.05, 0) is 100 Å². The number of hydrogen-bond donors (Lipinski definition) is 0. The van der Waals surface area contributed by atoms with Crippen LogP contribution in [0.1, 0.15) is 170 Å². The zero-order valence-corrected chi connectivity index (χ0v) is 28.9. The molecule has 6 rings (SSSR count). The molecule has 2 saturated carbocycles. The van der Waals surface area contributed by atoms with Gasteiger partial charge in [-0.15, -0.1) is 0 Å². The van der Waals surface area contributed by atoms with Crippen LogP contribution in [-0.2, 0) is 46.8 Å². The number of esters is 1. The van der Waals surface area contributed by atoms with E-state index in [0.717, 1.165) is 19.1 Å². The highest BCUT2D eigenvalue weighted by Gasteiger charge is 2.57. The van der Waals surface area contributed by atoms with E-state index in [1.807, 2.05) is 6.92 Å². The van der Waals surface area contributed by atoms with Gasteiger partial charge in [0.2, 0.25) is 0 Å². The van der Waals surface area contributed by atoms with Crippen LogP contribution in [0.3, 0.4) is 0 Å². The Hall–Kier alpha value is -2.42. The minimum absolute atomic E-state index is 0. The third-order valence-electron chi connectivity index (χ3n) is 12.3. The van der Waals surface area contributed by atoms with Crippen molar-refractivity contribution in [1.29, 1.82) is 0 Å². The minimum atomic E-state index is -0.0427. The first-order chi connectivity index (χ1) is 19.8. The summed E-state index contributed by atoms with van der Waals surface area (Å²) in [5, 5.41) is 0. The maximum atomic E-state index is 12.1. The van der Waals surface area contributed by atoms with Crippen LogP contribution < -0.4 is 0 Å². The molecule has 0 radical (unpaired) electrons. The average Bonchev–Trinajstić information content (AvgIpc) is 3.84. The number of fused-ring (bicyclic) bond motifs is 2. The van der Waals surface area contributed by atoms with Crippen LogP contribution in [0.4, 0.5) is 0 Å². The maximum Gasteiger partial charge on any atom is 0.309 e. The first kappa shape index (κ1) is 39.8. The van der Waals surface area contributed by atoms with Gasteiger partial charge < -0.3 is 9.53 Å². The first-order valence-electron chi connectivity index (χ1n) is 16.8. The van der Waals surface area contributed by atoms with Crippen molar-refractivity contribution in [1.82, 2.24) is 0 Å². The number of ether oxygens (including phenoxy) is 1. The van der Waals surface area contributed by atoms with E-state index in [0.29, 0.717) is 6.61 Å². The summed E-state index contributed by atoms with van der Waals surface area (Å²) in [6, 6.07) is 14.0. The van der Waals surface area contributed by atoms with Crippen LogP contribution in [0.2, 0.25) is 0 Å². The highest BCUT2D eigenvalue weighted by molar-refractivity contribution is 5.79. The normalized spacial score (nSPS) is 29.7. The van der Waals surface area contributed by atoms with E-state index in [9.17, 15) is 9.59 Å². The molecule has 2 aromatic rings. The lowest BCUT2D eigenvalue weighted by molar-refractivity contribution is -0.145. The molecule has 0 aliphatic heterocycles. The summed E-state index contributed by atoms with van der Waals surface area (Å²) in [6.45, 7) is 25.6. The van der Waals surface area contributed by atoms with Gasteiger partial charge in [0.1, 0.15) is 6.29 Å². The molecule has 258 valence electrons. The van der Waals surface area contributed by atoms with Crippen molar-refractivity contribution >= 4 is 12.3 Å². The average molecular weight is 633 g/mol. The Morgan fingerprint density at radius 3 is 1.41 bits per heavy atom. The van der Waals surface area contributed by atoms with Crippen LogP contribution in [0, 0.1) is 11.8 Å². The molecule has 4 aliphatic rings. The lowest BCUT2D eigenvalue weighted by Gasteiger charge is -2.42. The smallest absolute Gasteiger partial charge is 0.309 e. The zero-order valence-electron chi connectivity index (χ0n) is 28.9. The first-order valence-corrected chi connectivity index (χ1v) is 16.8. The second-order valence-corrected chi connectivity index (χ2v) is 17.3. The number of carbonyl (C=O) groups excluding carboxylic acids is 2. The summed E-state index contributed by atoms with van der Waals surface area (Å²) in [6.07, 6.45) is 8.00. The van der Waals surface area contributed by atoms with Crippen molar-refractivity contribution < 1.29 is 14.3 Å². The van der Waals surface area contributed by atoms with Crippen molar-refractivity contribution in [3.05, 3.63) is 69.8 Å². The van der Waals surface area contributed by atoms with Gasteiger partial charge in [0.05, 0.1) is 12.5 Å². The molecule has 0 bridgehead atoms. The molecule has 2 fully saturated rings. The predicted octanol–water partition coefficient (Wildman–Crippen LogP) is 11.3. The number of benzene rings is 2. The molecule has 4 aliphatic carbocycles. The summed E-state index contributed by atoms with van der Waals surface area (Å²) < 4.78 is 5.23. The molecule has 0 unspecified atom stereocenters. The molecule has 3 heteroatoms. The molecule has 46 heavy (non-hydrogen) atoms. The second-order valence-electron chi connectivity index (χ2n) is 17.3. The molecule has 0 heterocycles. The van der Waals surface area contributed by atoms with Crippen LogP contribution in [0.5, 0.6) is 0 Å². The Balaban J connectivity index is 0.000000303. The van der Waals surface area contributed by atoms with Gasteiger partial charge in [-0.25, -0.2) is 0 Å². The summed E-state index contributed by atoms with van der Waals surface area (Å²) >= 11 is 0.